The summed E-state index contributed by atoms with van der Waals surface area (Å²) in [5.74, 6) is 0.609. The molecule has 1 aromatic carbocycles. The summed E-state index contributed by atoms with van der Waals surface area (Å²) in [6.07, 6.45) is 7.15. The Morgan fingerprint density at radius 2 is 1.88 bits per heavy atom. The van der Waals surface area contributed by atoms with E-state index in [9.17, 15) is 4.39 Å². The van der Waals surface area contributed by atoms with Gasteiger partial charge >= 0.3 is 0 Å². The highest BCUT2D eigenvalue weighted by atomic mass is 35.5. The fourth-order valence-corrected chi connectivity index (χ4v) is 3.02. The van der Waals surface area contributed by atoms with Crippen LogP contribution >= 0.6 is 12.4 Å². The number of benzene rings is 1. The Labute approximate surface area is 144 Å². The quantitative estimate of drug-likeness (QED) is 0.785. The van der Waals surface area contributed by atoms with E-state index in [-0.39, 0.29) is 18.2 Å². The number of hydrogen-bond acceptors (Lipinski definition) is 5. The van der Waals surface area contributed by atoms with E-state index in [2.05, 4.69) is 15.1 Å². The lowest BCUT2D eigenvalue weighted by Crippen LogP contribution is -2.34. The highest BCUT2D eigenvalue weighted by molar-refractivity contribution is 5.85. The van der Waals surface area contributed by atoms with Crippen LogP contribution < -0.4 is 5.73 Å². The minimum absolute atomic E-state index is 0. The van der Waals surface area contributed by atoms with Crippen LogP contribution in [0, 0.1) is 5.82 Å². The van der Waals surface area contributed by atoms with E-state index in [0.29, 0.717) is 17.4 Å². The van der Waals surface area contributed by atoms with Crippen molar-refractivity contribution in [3.8, 4) is 17.3 Å². The summed E-state index contributed by atoms with van der Waals surface area (Å²) < 4.78 is 20.3. The van der Waals surface area contributed by atoms with Crippen LogP contribution in [0.15, 0.2) is 41.3 Å². The summed E-state index contributed by atoms with van der Waals surface area (Å²) >= 11 is 0. The van der Waals surface area contributed by atoms with Crippen molar-refractivity contribution in [2.75, 3.05) is 0 Å². The predicted octanol–water partition coefficient (Wildman–Crippen LogP) is 3.21. The molecule has 6 nitrogen and oxygen atoms in total. The molecule has 126 valence electrons. The van der Waals surface area contributed by atoms with E-state index in [1.807, 2.05) is 0 Å². The van der Waals surface area contributed by atoms with Crippen LogP contribution in [-0.2, 0) is 5.54 Å². The molecule has 0 aliphatic heterocycles. The Hall–Kier alpha value is -2.25. The van der Waals surface area contributed by atoms with Crippen LogP contribution in [0.2, 0.25) is 0 Å². The molecule has 0 saturated heterocycles. The maximum absolute atomic E-state index is 13.1. The first-order chi connectivity index (χ1) is 11.2. The van der Waals surface area contributed by atoms with Gasteiger partial charge in [0.2, 0.25) is 0 Å². The monoisotopic (exact) mass is 349 g/mol. The zero-order chi connectivity index (χ0) is 15.9. The van der Waals surface area contributed by atoms with Crippen LogP contribution in [-0.4, -0.2) is 19.7 Å². The van der Waals surface area contributed by atoms with Gasteiger partial charge in [0, 0.05) is 5.69 Å². The van der Waals surface area contributed by atoms with Crippen molar-refractivity contribution >= 4 is 12.4 Å². The third-order valence-corrected chi connectivity index (χ3v) is 4.33. The largest absolute Gasteiger partial charge is 0.332 e. The molecule has 0 radical (unpaired) electrons. The first-order valence-electron chi connectivity index (χ1n) is 7.57. The minimum atomic E-state index is -0.498. The van der Waals surface area contributed by atoms with E-state index >= 15 is 0 Å². The normalized spacial score (nSPS) is 16.1. The Morgan fingerprint density at radius 3 is 2.58 bits per heavy atom. The van der Waals surface area contributed by atoms with E-state index < -0.39 is 5.54 Å². The summed E-state index contributed by atoms with van der Waals surface area (Å²) in [5, 5.41) is 4.06. The van der Waals surface area contributed by atoms with Gasteiger partial charge in [-0.05, 0) is 37.1 Å². The average molecular weight is 350 g/mol. The molecule has 8 heteroatoms. The van der Waals surface area contributed by atoms with Gasteiger partial charge in [-0.2, -0.15) is 4.98 Å². The molecule has 24 heavy (non-hydrogen) atoms. The summed E-state index contributed by atoms with van der Waals surface area (Å²) in [6, 6.07) is 6.12. The number of nitrogens with zero attached hydrogens (tertiary/aromatic N) is 4. The Bertz CT molecular complexity index is 823. The van der Waals surface area contributed by atoms with E-state index in [0.717, 1.165) is 31.4 Å². The van der Waals surface area contributed by atoms with Gasteiger partial charge in [0.05, 0.1) is 18.1 Å². The van der Waals surface area contributed by atoms with Gasteiger partial charge in [0.25, 0.3) is 5.89 Å². The minimum Gasteiger partial charge on any atom is -0.332 e. The van der Waals surface area contributed by atoms with Gasteiger partial charge in [-0.3, -0.25) is 4.57 Å². The molecule has 0 spiro atoms. The average Bonchev–Trinajstić information content (AvgIpc) is 3.27. The van der Waals surface area contributed by atoms with Gasteiger partial charge < -0.3 is 10.3 Å². The number of imidazole rings is 1. The molecule has 4 rings (SSSR count). The van der Waals surface area contributed by atoms with Crippen LogP contribution in [0.3, 0.4) is 0 Å². The number of halogens is 2. The Morgan fingerprint density at radius 1 is 1.17 bits per heavy atom. The van der Waals surface area contributed by atoms with Crippen LogP contribution in [0.4, 0.5) is 4.39 Å². The zero-order valence-corrected chi connectivity index (χ0v) is 13.7. The van der Waals surface area contributed by atoms with Crippen LogP contribution in [0.1, 0.15) is 31.5 Å². The molecule has 1 saturated carbocycles. The number of hydrogen-bond donors (Lipinski definition) is 1. The molecule has 3 aromatic rings. The van der Waals surface area contributed by atoms with E-state index in [1.54, 1.807) is 29.2 Å². The summed E-state index contributed by atoms with van der Waals surface area (Å²) in [4.78, 5) is 8.60. The van der Waals surface area contributed by atoms with Crippen molar-refractivity contribution in [2.45, 2.75) is 31.2 Å². The lowest BCUT2D eigenvalue weighted by Gasteiger charge is -2.17. The molecule has 2 N–H and O–H groups in total. The van der Waals surface area contributed by atoms with Gasteiger partial charge in [0.15, 0.2) is 5.82 Å². The van der Waals surface area contributed by atoms with Gasteiger partial charge in [-0.1, -0.05) is 18.0 Å². The smallest absolute Gasteiger partial charge is 0.276 e. The van der Waals surface area contributed by atoms with Crippen molar-refractivity contribution in [3.05, 3.63) is 48.4 Å². The lowest BCUT2D eigenvalue weighted by molar-refractivity contribution is 0.372. The third kappa shape index (κ3) is 2.81. The molecule has 1 fully saturated rings. The van der Waals surface area contributed by atoms with Crippen molar-refractivity contribution < 1.29 is 8.91 Å². The second kappa shape index (κ2) is 6.33. The maximum atomic E-state index is 13.1. The molecule has 0 atom stereocenters. The second-order valence-electron chi connectivity index (χ2n) is 5.91. The maximum Gasteiger partial charge on any atom is 0.276 e. The van der Waals surface area contributed by atoms with Gasteiger partial charge in [-0.25, -0.2) is 9.37 Å². The third-order valence-electron chi connectivity index (χ3n) is 4.33. The van der Waals surface area contributed by atoms with Crippen molar-refractivity contribution in [2.24, 2.45) is 5.73 Å². The zero-order valence-electron chi connectivity index (χ0n) is 12.9. The molecular weight excluding hydrogens is 333 g/mol. The van der Waals surface area contributed by atoms with Gasteiger partial charge in [-0.15, -0.1) is 12.4 Å². The number of aromatic nitrogens is 4. The molecule has 2 aromatic heterocycles. The summed E-state index contributed by atoms with van der Waals surface area (Å²) in [6.45, 7) is 0. The summed E-state index contributed by atoms with van der Waals surface area (Å²) in [7, 11) is 0. The molecule has 0 amide bonds. The number of rotatable bonds is 3. The van der Waals surface area contributed by atoms with E-state index in [1.165, 1.54) is 12.1 Å². The first-order valence-corrected chi connectivity index (χ1v) is 7.57. The molecule has 0 unspecified atom stereocenters. The SMILES string of the molecule is Cl.NC1(c2noc(-c3cncn3-c3ccc(F)cc3)n2)CCCC1. The second-order valence-corrected chi connectivity index (χ2v) is 5.91. The van der Waals surface area contributed by atoms with Crippen molar-refractivity contribution in [1.29, 1.82) is 0 Å². The first kappa shape index (κ1) is 16.6. The summed E-state index contributed by atoms with van der Waals surface area (Å²) in [5.41, 5.74) is 7.28. The van der Waals surface area contributed by atoms with Crippen LogP contribution in [0.25, 0.3) is 17.3 Å². The van der Waals surface area contributed by atoms with Crippen LogP contribution in [0.5, 0.6) is 0 Å². The topological polar surface area (TPSA) is 82.8 Å². The highest BCUT2D eigenvalue weighted by Gasteiger charge is 2.36. The Balaban J connectivity index is 0.00000169. The van der Waals surface area contributed by atoms with Crippen molar-refractivity contribution in [1.82, 2.24) is 19.7 Å². The molecule has 2 heterocycles. The fourth-order valence-electron chi connectivity index (χ4n) is 3.02. The van der Waals surface area contributed by atoms with Gasteiger partial charge in [0.1, 0.15) is 11.5 Å². The molecule has 1 aliphatic rings. The highest BCUT2D eigenvalue weighted by Crippen LogP contribution is 2.35. The molecule has 0 bridgehead atoms. The lowest BCUT2D eigenvalue weighted by atomic mass is 9.99. The standard InChI is InChI=1S/C16H16FN5O.ClH/c17-11-3-5-12(6-4-11)22-10-19-9-13(22)14-20-15(21-23-14)16(18)7-1-2-8-16;/h3-6,9-10H,1-2,7-8,18H2;1H. The predicted molar refractivity (Wildman–Crippen MR) is 88.4 cm³/mol. The van der Waals surface area contributed by atoms with E-state index in [4.69, 9.17) is 10.3 Å². The molecule has 1 aliphatic carbocycles. The number of nitrogens with two attached hydrogens (primary N) is 1. The fraction of sp³-hybridized carbons (Fsp3) is 0.312. The van der Waals surface area contributed by atoms with Crippen molar-refractivity contribution in [3.63, 3.8) is 0 Å². The Kier molecular flexibility index (Phi) is 4.38. The molecular formula is C16H17ClFN5O.